The van der Waals surface area contributed by atoms with Crippen LogP contribution in [0.5, 0.6) is 0 Å². The van der Waals surface area contributed by atoms with Crippen molar-refractivity contribution in [1.29, 1.82) is 0 Å². The van der Waals surface area contributed by atoms with Gasteiger partial charge >= 0.3 is 0 Å². The SMILES string of the molecule is NC(=O)[C@H](CNC(=O)[C@@H]1C[C@H]1c1ccccc1)Cc1ccc(F)cc1. The molecule has 0 unspecified atom stereocenters. The normalized spacial score (nSPS) is 19.9. The highest BCUT2D eigenvalue weighted by Crippen LogP contribution is 2.47. The van der Waals surface area contributed by atoms with E-state index in [2.05, 4.69) is 5.32 Å². The highest BCUT2D eigenvalue weighted by Gasteiger charge is 2.43. The first kappa shape index (κ1) is 17.1. The van der Waals surface area contributed by atoms with Gasteiger partial charge in [0.25, 0.3) is 0 Å². The average Bonchev–Trinajstić information content (AvgIpc) is 3.41. The van der Waals surface area contributed by atoms with E-state index >= 15 is 0 Å². The molecule has 3 N–H and O–H groups in total. The van der Waals surface area contributed by atoms with Crippen LogP contribution in [0.3, 0.4) is 0 Å². The number of halogens is 1. The molecule has 25 heavy (non-hydrogen) atoms. The molecule has 0 spiro atoms. The van der Waals surface area contributed by atoms with E-state index in [4.69, 9.17) is 5.73 Å². The molecule has 0 aliphatic heterocycles. The van der Waals surface area contributed by atoms with Crippen LogP contribution in [0.2, 0.25) is 0 Å². The van der Waals surface area contributed by atoms with Gasteiger partial charge in [-0.25, -0.2) is 4.39 Å². The summed E-state index contributed by atoms with van der Waals surface area (Å²) in [6, 6.07) is 15.9. The summed E-state index contributed by atoms with van der Waals surface area (Å²) >= 11 is 0. The minimum absolute atomic E-state index is 0.0400. The van der Waals surface area contributed by atoms with E-state index < -0.39 is 11.8 Å². The number of primary amides is 1. The standard InChI is InChI=1S/C20H21FN2O2/c21-16-8-6-13(7-9-16)10-15(19(22)24)12-23-20(25)18-11-17(18)14-4-2-1-3-5-14/h1-9,15,17-18H,10-12H2,(H2,22,24)(H,23,25)/t15-,17-,18+/m0/s1. The Hall–Kier alpha value is -2.69. The molecule has 130 valence electrons. The van der Waals surface area contributed by atoms with E-state index in [1.165, 1.54) is 17.7 Å². The van der Waals surface area contributed by atoms with Crippen molar-refractivity contribution in [2.24, 2.45) is 17.6 Å². The monoisotopic (exact) mass is 340 g/mol. The lowest BCUT2D eigenvalue weighted by atomic mass is 9.98. The van der Waals surface area contributed by atoms with E-state index in [0.29, 0.717) is 6.42 Å². The summed E-state index contributed by atoms with van der Waals surface area (Å²) in [5.41, 5.74) is 7.43. The van der Waals surface area contributed by atoms with Gasteiger partial charge < -0.3 is 11.1 Å². The maximum atomic E-state index is 13.0. The number of hydrogen-bond acceptors (Lipinski definition) is 2. The Labute approximate surface area is 146 Å². The molecule has 0 aromatic heterocycles. The zero-order chi connectivity index (χ0) is 17.8. The van der Waals surface area contributed by atoms with Gasteiger partial charge in [-0.2, -0.15) is 0 Å². The first-order chi connectivity index (χ1) is 12.0. The maximum absolute atomic E-state index is 13.0. The summed E-state index contributed by atoms with van der Waals surface area (Å²) in [7, 11) is 0. The predicted octanol–water partition coefficient (Wildman–Crippen LogP) is 2.39. The fraction of sp³-hybridized carbons (Fsp3) is 0.300. The van der Waals surface area contributed by atoms with Gasteiger partial charge in [-0.15, -0.1) is 0 Å². The molecule has 2 amide bonds. The van der Waals surface area contributed by atoms with Crippen molar-refractivity contribution < 1.29 is 14.0 Å². The molecule has 5 heteroatoms. The van der Waals surface area contributed by atoms with Crippen molar-refractivity contribution in [3.8, 4) is 0 Å². The zero-order valence-electron chi connectivity index (χ0n) is 13.8. The molecule has 2 aromatic rings. The van der Waals surface area contributed by atoms with Gasteiger partial charge in [0.15, 0.2) is 0 Å². The fourth-order valence-electron chi connectivity index (χ4n) is 3.09. The van der Waals surface area contributed by atoms with E-state index in [9.17, 15) is 14.0 Å². The Morgan fingerprint density at radius 3 is 2.44 bits per heavy atom. The van der Waals surface area contributed by atoms with Crippen LogP contribution in [0.25, 0.3) is 0 Å². The number of amides is 2. The Morgan fingerprint density at radius 1 is 1.12 bits per heavy atom. The molecular weight excluding hydrogens is 319 g/mol. The lowest BCUT2D eigenvalue weighted by molar-refractivity contribution is -0.124. The molecular formula is C20H21FN2O2. The second-order valence-corrected chi connectivity index (χ2v) is 6.53. The maximum Gasteiger partial charge on any atom is 0.223 e. The number of carbonyl (C=O) groups is 2. The third kappa shape index (κ3) is 4.44. The van der Waals surface area contributed by atoms with Crippen molar-refractivity contribution in [3.05, 3.63) is 71.5 Å². The first-order valence-corrected chi connectivity index (χ1v) is 8.41. The van der Waals surface area contributed by atoms with Crippen LogP contribution in [-0.2, 0) is 16.0 Å². The summed E-state index contributed by atoms with van der Waals surface area (Å²) in [4.78, 5) is 24.0. The molecule has 4 nitrogen and oxygen atoms in total. The molecule has 1 aliphatic carbocycles. The minimum atomic E-state index is -0.511. The lowest BCUT2D eigenvalue weighted by Gasteiger charge is -2.14. The summed E-state index contributed by atoms with van der Waals surface area (Å²) < 4.78 is 13.0. The number of hydrogen-bond donors (Lipinski definition) is 2. The Morgan fingerprint density at radius 2 is 1.80 bits per heavy atom. The third-order valence-electron chi connectivity index (χ3n) is 4.68. The molecule has 0 bridgehead atoms. The Kier molecular flexibility index (Phi) is 5.12. The van der Waals surface area contributed by atoms with Gasteiger partial charge in [-0.1, -0.05) is 42.5 Å². The van der Waals surface area contributed by atoms with Crippen molar-refractivity contribution >= 4 is 11.8 Å². The van der Waals surface area contributed by atoms with Crippen LogP contribution in [0.1, 0.15) is 23.5 Å². The van der Waals surface area contributed by atoms with Crippen LogP contribution in [0.15, 0.2) is 54.6 Å². The Bertz CT molecular complexity index is 746. The van der Waals surface area contributed by atoms with Gasteiger partial charge in [-0.05, 0) is 42.0 Å². The van der Waals surface area contributed by atoms with Gasteiger partial charge in [-0.3, -0.25) is 9.59 Å². The molecule has 1 aliphatic rings. The van der Waals surface area contributed by atoms with Crippen molar-refractivity contribution in [2.75, 3.05) is 6.54 Å². The van der Waals surface area contributed by atoms with Crippen molar-refractivity contribution in [2.45, 2.75) is 18.8 Å². The van der Waals surface area contributed by atoms with Crippen LogP contribution < -0.4 is 11.1 Å². The molecule has 1 saturated carbocycles. The summed E-state index contributed by atoms with van der Waals surface area (Å²) in [5.74, 6) is -1.14. The number of nitrogens with one attached hydrogen (secondary N) is 1. The number of benzene rings is 2. The molecule has 0 radical (unpaired) electrons. The molecule has 2 aromatic carbocycles. The van der Waals surface area contributed by atoms with Gasteiger partial charge in [0.2, 0.25) is 11.8 Å². The van der Waals surface area contributed by atoms with Crippen molar-refractivity contribution in [1.82, 2.24) is 5.32 Å². The lowest BCUT2D eigenvalue weighted by Crippen LogP contribution is -2.38. The smallest absolute Gasteiger partial charge is 0.223 e. The molecule has 0 saturated heterocycles. The second kappa shape index (κ2) is 7.47. The largest absolute Gasteiger partial charge is 0.369 e. The van der Waals surface area contributed by atoms with Crippen LogP contribution in [-0.4, -0.2) is 18.4 Å². The average molecular weight is 340 g/mol. The Balaban J connectivity index is 1.52. The highest BCUT2D eigenvalue weighted by atomic mass is 19.1. The molecule has 3 rings (SSSR count). The fourth-order valence-corrected chi connectivity index (χ4v) is 3.09. The topological polar surface area (TPSA) is 72.2 Å². The predicted molar refractivity (Wildman–Crippen MR) is 93.1 cm³/mol. The summed E-state index contributed by atoms with van der Waals surface area (Å²) in [5, 5.41) is 2.84. The van der Waals surface area contributed by atoms with Crippen LogP contribution in [0.4, 0.5) is 4.39 Å². The summed E-state index contributed by atoms with van der Waals surface area (Å²) in [6.07, 6.45) is 1.21. The summed E-state index contributed by atoms with van der Waals surface area (Å²) in [6.45, 7) is 0.198. The number of rotatable bonds is 7. The van der Waals surface area contributed by atoms with Gasteiger partial charge in [0, 0.05) is 12.5 Å². The van der Waals surface area contributed by atoms with Gasteiger partial charge in [0.1, 0.15) is 5.82 Å². The molecule has 3 atom stereocenters. The van der Waals surface area contributed by atoms with E-state index in [-0.39, 0.29) is 30.1 Å². The van der Waals surface area contributed by atoms with Crippen LogP contribution in [0, 0.1) is 17.7 Å². The van der Waals surface area contributed by atoms with Gasteiger partial charge in [0.05, 0.1) is 5.92 Å². The zero-order valence-corrected chi connectivity index (χ0v) is 13.8. The van der Waals surface area contributed by atoms with E-state index in [1.54, 1.807) is 12.1 Å². The quantitative estimate of drug-likeness (QED) is 0.812. The van der Waals surface area contributed by atoms with Crippen molar-refractivity contribution in [3.63, 3.8) is 0 Å². The van der Waals surface area contributed by atoms with E-state index in [0.717, 1.165) is 12.0 Å². The number of nitrogens with two attached hydrogens (primary N) is 1. The van der Waals surface area contributed by atoms with E-state index in [1.807, 2.05) is 30.3 Å². The van der Waals surface area contributed by atoms with Crippen LogP contribution >= 0.6 is 0 Å². The molecule has 1 fully saturated rings. The second-order valence-electron chi connectivity index (χ2n) is 6.53. The number of carbonyl (C=O) groups excluding carboxylic acids is 2. The third-order valence-corrected chi connectivity index (χ3v) is 4.68. The first-order valence-electron chi connectivity index (χ1n) is 8.41. The molecule has 0 heterocycles. The minimum Gasteiger partial charge on any atom is -0.369 e. The highest BCUT2D eigenvalue weighted by molar-refractivity contribution is 5.84.